The van der Waals surface area contributed by atoms with Crippen LogP contribution in [0.1, 0.15) is 158 Å². The number of rotatable bonds is 12. The van der Waals surface area contributed by atoms with Crippen molar-refractivity contribution in [2.45, 2.75) is 157 Å². The van der Waals surface area contributed by atoms with E-state index in [0.29, 0.717) is 17.2 Å². The molecule has 0 atom stereocenters. The quantitative estimate of drug-likeness (QED) is 0.114. The monoisotopic (exact) mass is 957 g/mol. The van der Waals surface area contributed by atoms with E-state index in [0.717, 1.165) is 33.9 Å². The second kappa shape index (κ2) is 21.7. The fourth-order valence-electron chi connectivity index (χ4n) is 7.04. The van der Waals surface area contributed by atoms with Crippen LogP contribution in [0.25, 0.3) is 0 Å². The van der Waals surface area contributed by atoms with Crippen LogP contribution in [0, 0.1) is 0 Å². The molecular weight excluding hydrogens is 879 g/mol. The highest BCUT2D eigenvalue weighted by Crippen LogP contribution is 2.50. The van der Waals surface area contributed by atoms with Gasteiger partial charge in [-0.3, -0.25) is 0 Å². The van der Waals surface area contributed by atoms with E-state index in [2.05, 4.69) is 179 Å². The molecule has 0 radical (unpaired) electrons. The van der Waals surface area contributed by atoms with Gasteiger partial charge in [-0.25, -0.2) is 0 Å². The van der Waals surface area contributed by atoms with Crippen molar-refractivity contribution in [1.29, 1.82) is 0 Å². The summed E-state index contributed by atoms with van der Waals surface area (Å²) in [4.78, 5) is 0. The summed E-state index contributed by atoms with van der Waals surface area (Å²) in [5, 5.41) is 0. The minimum atomic E-state index is -1.89. The van der Waals surface area contributed by atoms with E-state index in [1.807, 2.05) is 91.0 Å². The molecule has 0 unspecified atom stereocenters. The van der Waals surface area contributed by atoms with E-state index in [1.54, 1.807) is 0 Å². The summed E-state index contributed by atoms with van der Waals surface area (Å²) in [7, 11) is -3.48. The first-order chi connectivity index (χ1) is 31.5. The van der Waals surface area contributed by atoms with Crippen molar-refractivity contribution in [1.82, 2.24) is 0 Å². The van der Waals surface area contributed by atoms with Crippen molar-refractivity contribution in [3.63, 3.8) is 0 Å². The van der Waals surface area contributed by atoms with Crippen molar-refractivity contribution < 1.29 is 27.1 Å². The van der Waals surface area contributed by atoms with Crippen molar-refractivity contribution in [2.24, 2.45) is 0 Å². The normalized spacial score (nSPS) is 12.5. The van der Waals surface area contributed by atoms with E-state index >= 15 is 0 Å². The maximum Gasteiger partial charge on any atom is 0.530 e. The van der Waals surface area contributed by atoms with E-state index < -0.39 is 17.2 Å². The van der Waals surface area contributed by atoms with Crippen LogP contribution in [-0.4, -0.2) is 0 Å². The molecule has 0 saturated heterocycles. The zero-order valence-electron chi connectivity index (χ0n) is 44.2. The molecule has 364 valence electrons. The molecule has 6 rings (SSSR count). The molecule has 0 spiro atoms. The van der Waals surface area contributed by atoms with Gasteiger partial charge in [-0.1, -0.05) is 216 Å². The number of hydrogen-bond donors (Lipinski definition) is 0. The number of benzene rings is 6. The Kier molecular flexibility index (Phi) is 17.2. The lowest BCUT2D eigenvalue weighted by Gasteiger charge is -2.31. The van der Waals surface area contributed by atoms with Gasteiger partial charge in [0.25, 0.3) is 0 Å². The SMILES string of the molecule is CC(C)(C)c1ccc(OP(Oc2ccc(C(C)(C)C)cc2C(C)(C)C)Oc2ccc(C(C)(C)C)cc2C(C)(C)C)c(C(C)(C)C)c1.c1ccc(OP(Oc2ccccc2)Oc2ccccc2)cc1. The van der Waals surface area contributed by atoms with Crippen molar-refractivity contribution in [3.8, 4) is 34.5 Å². The molecule has 0 saturated carbocycles. The number of hydrogen-bond acceptors (Lipinski definition) is 6. The van der Waals surface area contributed by atoms with Gasteiger partial charge >= 0.3 is 17.2 Å². The molecule has 6 aromatic rings. The largest absolute Gasteiger partial charge is 0.530 e. The first kappa shape index (κ1) is 53.9. The van der Waals surface area contributed by atoms with Crippen LogP contribution in [0.5, 0.6) is 34.5 Å². The van der Waals surface area contributed by atoms with Gasteiger partial charge in [0, 0.05) is 16.7 Å². The van der Waals surface area contributed by atoms with Gasteiger partial charge in [-0.2, -0.15) is 0 Å². The van der Waals surface area contributed by atoms with Crippen LogP contribution in [-0.2, 0) is 32.5 Å². The van der Waals surface area contributed by atoms with Gasteiger partial charge in [-0.15, -0.1) is 0 Å². The minimum absolute atomic E-state index is 0.0170. The van der Waals surface area contributed by atoms with E-state index in [-0.39, 0.29) is 32.5 Å². The maximum atomic E-state index is 6.90. The first-order valence-corrected chi connectivity index (χ1v) is 26.0. The Balaban J connectivity index is 0.000000324. The third kappa shape index (κ3) is 15.8. The van der Waals surface area contributed by atoms with Gasteiger partial charge in [0.15, 0.2) is 0 Å². The predicted molar refractivity (Wildman–Crippen MR) is 288 cm³/mol. The molecule has 68 heavy (non-hydrogen) atoms. The number of para-hydroxylation sites is 3. The lowest BCUT2D eigenvalue weighted by atomic mass is 9.80. The molecule has 0 aromatic heterocycles. The molecule has 0 fully saturated rings. The highest BCUT2D eigenvalue weighted by Gasteiger charge is 2.33. The molecule has 0 N–H and O–H groups in total. The van der Waals surface area contributed by atoms with Crippen LogP contribution < -0.4 is 27.1 Å². The molecule has 0 heterocycles. The molecule has 0 aliphatic carbocycles. The summed E-state index contributed by atoms with van der Waals surface area (Å²) in [5.41, 5.74) is 6.85. The van der Waals surface area contributed by atoms with Crippen LogP contribution in [0.3, 0.4) is 0 Å². The second-order valence-corrected chi connectivity index (χ2v) is 25.6. The van der Waals surface area contributed by atoms with Gasteiger partial charge in [-0.05, 0) is 104 Å². The molecule has 0 aliphatic rings. The summed E-state index contributed by atoms with van der Waals surface area (Å²) >= 11 is 0. The Hall–Kier alpha value is -5.02. The summed E-state index contributed by atoms with van der Waals surface area (Å²) in [6.07, 6.45) is 0. The standard InChI is InChI=1S/C42H63O3P.C18H15O3P/c1-37(2,3)28-19-22-34(31(25-28)40(10,11)12)43-46(44-35-23-20-29(38(4,5)6)26-32(35)41(13,14)15)45-36-24-21-30(39(7,8)9)27-33(36)42(16,17)18;1-4-10-16(11-5-1)19-22(20-17-12-6-2-7-13-17)21-18-14-8-3-9-15-18/h19-27H,1-18H3;1-15H. The van der Waals surface area contributed by atoms with Gasteiger partial charge in [0.1, 0.15) is 34.5 Å². The third-order valence-corrected chi connectivity index (χ3v) is 13.4. The van der Waals surface area contributed by atoms with E-state index in [4.69, 9.17) is 27.1 Å². The van der Waals surface area contributed by atoms with Crippen LogP contribution in [0.4, 0.5) is 0 Å². The van der Waals surface area contributed by atoms with Gasteiger partial charge in [0.05, 0.1) is 0 Å². The minimum Gasteiger partial charge on any atom is -0.409 e. The zero-order valence-corrected chi connectivity index (χ0v) is 46.0. The van der Waals surface area contributed by atoms with Crippen LogP contribution in [0.15, 0.2) is 146 Å². The average molecular weight is 957 g/mol. The average Bonchev–Trinajstić information content (AvgIpc) is 3.23. The Morgan fingerprint density at radius 3 is 0.676 bits per heavy atom. The maximum absolute atomic E-state index is 6.90. The molecule has 0 bridgehead atoms. The molecule has 0 aliphatic heterocycles. The summed E-state index contributed by atoms with van der Waals surface area (Å²) in [6.45, 7) is 40.3. The van der Waals surface area contributed by atoms with Crippen molar-refractivity contribution in [2.75, 3.05) is 0 Å². The van der Waals surface area contributed by atoms with Crippen molar-refractivity contribution >= 4 is 17.2 Å². The molecule has 6 aromatic carbocycles. The lowest BCUT2D eigenvalue weighted by Crippen LogP contribution is -2.20. The van der Waals surface area contributed by atoms with Crippen LogP contribution in [0.2, 0.25) is 0 Å². The molecule has 6 nitrogen and oxygen atoms in total. The van der Waals surface area contributed by atoms with E-state index in [9.17, 15) is 0 Å². The summed E-state index contributed by atoms with van der Waals surface area (Å²) in [6, 6.07) is 48.2. The smallest absolute Gasteiger partial charge is 0.409 e. The molecule has 8 heteroatoms. The fraction of sp³-hybridized carbons (Fsp3) is 0.400. The molecule has 0 amide bonds. The van der Waals surface area contributed by atoms with Crippen LogP contribution >= 0.6 is 17.2 Å². The third-order valence-electron chi connectivity index (χ3n) is 11.2. The molecular formula is C60H78O6P2. The highest BCUT2D eigenvalue weighted by molar-refractivity contribution is 7.43. The zero-order chi connectivity index (χ0) is 50.3. The Bertz CT molecular complexity index is 2230. The summed E-state index contributed by atoms with van der Waals surface area (Å²) in [5.74, 6) is 4.50. The van der Waals surface area contributed by atoms with E-state index in [1.165, 1.54) is 16.7 Å². The van der Waals surface area contributed by atoms with Crippen molar-refractivity contribution in [3.05, 3.63) is 179 Å². The highest BCUT2D eigenvalue weighted by atomic mass is 31.2. The Morgan fingerprint density at radius 1 is 0.250 bits per heavy atom. The Morgan fingerprint density at radius 2 is 0.471 bits per heavy atom. The predicted octanol–water partition coefficient (Wildman–Crippen LogP) is 18.7. The van der Waals surface area contributed by atoms with Gasteiger partial charge in [0.2, 0.25) is 0 Å². The lowest BCUT2D eigenvalue weighted by molar-refractivity contribution is 0.371. The first-order valence-electron chi connectivity index (χ1n) is 23.8. The Labute approximate surface area is 413 Å². The summed E-state index contributed by atoms with van der Waals surface area (Å²) < 4.78 is 38.2. The fourth-order valence-corrected chi connectivity index (χ4v) is 9.11. The second-order valence-electron chi connectivity index (χ2n) is 23.6. The topological polar surface area (TPSA) is 55.4 Å². The van der Waals surface area contributed by atoms with Gasteiger partial charge < -0.3 is 27.1 Å².